The number of carbonyl (C=O) groups excluding carboxylic acids is 1. The predicted molar refractivity (Wildman–Crippen MR) is 61.6 cm³/mol. The number of alkyl halides is 3. The lowest BCUT2D eigenvalue weighted by atomic mass is 10.0. The number of benzene rings is 1. The number of hydrogen-bond donors (Lipinski definition) is 2. The first-order valence-electron chi connectivity index (χ1n) is 5.58. The molecule has 0 aliphatic heterocycles. The maximum atomic E-state index is 13.4. The fraction of sp³-hybridized carbons (Fsp3) is 0.417. The molecule has 0 aromatic heterocycles. The average Bonchev–Trinajstić information content (AvgIpc) is 2.30. The summed E-state index contributed by atoms with van der Waals surface area (Å²) in [6, 6.07) is 1.31. The predicted octanol–water partition coefficient (Wildman–Crippen LogP) is 2.42. The first-order chi connectivity index (χ1) is 8.96. The van der Waals surface area contributed by atoms with Gasteiger partial charge in [-0.1, -0.05) is 0 Å². The van der Waals surface area contributed by atoms with E-state index >= 15 is 0 Å². The molecule has 0 bridgehead atoms. The molecule has 0 saturated carbocycles. The van der Waals surface area contributed by atoms with Crippen molar-refractivity contribution in [3.63, 3.8) is 0 Å². The molecule has 0 saturated heterocycles. The molecule has 1 rings (SSSR count). The molecular weight excluding hydrogens is 283 g/mol. The Balaban J connectivity index is 2.94. The molecule has 1 aromatic carbocycles. The molecular formula is C12H13F5N2O. The van der Waals surface area contributed by atoms with Crippen molar-refractivity contribution in [1.29, 1.82) is 0 Å². The zero-order valence-electron chi connectivity index (χ0n) is 10.7. The number of carbonyl (C=O) groups is 1. The van der Waals surface area contributed by atoms with Gasteiger partial charge in [-0.15, -0.1) is 0 Å². The second-order valence-electron chi connectivity index (χ2n) is 4.56. The van der Waals surface area contributed by atoms with E-state index in [0.717, 1.165) is 18.2 Å². The van der Waals surface area contributed by atoms with Crippen LogP contribution in [-0.4, -0.2) is 17.6 Å². The van der Waals surface area contributed by atoms with Crippen LogP contribution in [0.2, 0.25) is 0 Å². The van der Waals surface area contributed by atoms with Crippen molar-refractivity contribution < 1.29 is 26.7 Å². The van der Waals surface area contributed by atoms with Gasteiger partial charge in [0.15, 0.2) is 5.54 Å². The van der Waals surface area contributed by atoms with Gasteiger partial charge < -0.3 is 11.1 Å². The molecule has 0 aliphatic rings. The lowest BCUT2D eigenvalue weighted by Gasteiger charge is -2.28. The highest BCUT2D eigenvalue weighted by Gasteiger charge is 2.54. The molecule has 8 heteroatoms. The van der Waals surface area contributed by atoms with E-state index in [1.54, 1.807) is 0 Å². The van der Waals surface area contributed by atoms with E-state index in [-0.39, 0.29) is 5.56 Å². The van der Waals surface area contributed by atoms with Gasteiger partial charge in [-0.3, -0.25) is 4.79 Å². The molecule has 112 valence electrons. The normalized spacial score (nSPS) is 16.4. The molecule has 20 heavy (non-hydrogen) atoms. The van der Waals surface area contributed by atoms with Gasteiger partial charge in [0.05, 0.1) is 6.04 Å². The van der Waals surface area contributed by atoms with Gasteiger partial charge in [-0.05, 0) is 32.0 Å². The highest BCUT2D eigenvalue weighted by Crippen LogP contribution is 2.29. The van der Waals surface area contributed by atoms with Gasteiger partial charge in [-0.25, -0.2) is 8.78 Å². The Hall–Kier alpha value is -1.70. The minimum Gasteiger partial charge on any atom is -0.348 e. The molecule has 0 spiro atoms. The molecule has 0 heterocycles. The van der Waals surface area contributed by atoms with Crippen LogP contribution in [0.15, 0.2) is 18.2 Å². The summed E-state index contributed by atoms with van der Waals surface area (Å²) in [7, 11) is 0. The quantitative estimate of drug-likeness (QED) is 0.842. The largest absolute Gasteiger partial charge is 0.415 e. The third-order valence-electron chi connectivity index (χ3n) is 2.83. The summed E-state index contributed by atoms with van der Waals surface area (Å²) < 4.78 is 64.1. The van der Waals surface area contributed by atoms with Crippen LogP contribution in [0, 0.1) is 11.6 Å². The average molecular weight is 296 g/mol. The number of halogens is 5. The monoisotopic (exact) mass is 296 g/mol. The summed E-state index contributed by atoms with van der Waals surface area (Å²) >= 11 is 0. The van der Waals surface area contributed by atoms with Gasteiger partial charge in [0, 0.05) is 5.56 Å². The Bertz CT molecular complexity index is 513. The molecule has 1 aromatic rings. The van der Waals surface area contributed by atoms with Crippen LogP contribution in [0.3, 0.4) is 0 Å². The van der Waals surface area contributed by atoms with Crippen LogP contribution < -0.4 is 11.1 Å². The van der Waals surface area contributed by atoms with Crippen LogP contribution in [0.25, 0.3) is 0 Å². The summed E-state index contributed by atoms with van der Waals surface area (Å²) in [5.74, 6) is -3.14. The molecule has 0 fully saturated rings. The van der Waals surface area contributed by atoms with Gasteiger partial charge in [0.1, 0.15) is 11.6 Å². The summed E-state index contributed by atoms with van der Waals surface area (Å²) in [6.45, 7) is 1.72. The second-order valence-corrected chi connectivity index (χ2v) is 4.56. The third kappa shape index (κ3) is 3.24. The SMILES string of the molecule is CC(NC(=O)C(C)(N)C(F)(F)F)c1cc(F)ccc1F. The molecule has 3 N–H and O–H groups in total. The summed E-state index contributed by atoms with van der Waals surface area (Å²) in [4.78, 5) is 11.5. The molecule has 0 radical (unpaired) electrons. The van der Waals surface area contributed by atoms with E-state index in [0.29, 0.717) is 6.92 Å². The van der Waals surface area contributed by atoms with Crippen LogP contribution in [0.5, 0.6) is 0 Å². The first kappa shape index (κ1) is 16.4. The van der Waals surface area contributed by atoms with Crippen molar-refractivity contribution in [3.8, 4) is 0 Å². The van der Waals surface area contributed by atoms with E-state index in [9.17, 15) is 26.7 Å². The van der Waals surface area contributed by atoms with Crippen molar-refractivity contribution in [2.24, 2.45) is 5.73 Å². The Kier molecular flexibility index (Phi) is 4.38. The Labute approximate surface area is 112 Å². The lowest BCUT2D eigenvalue weighted by Crippen LogP contribution is -2.61. The summed E-state index contributed by atoms with van der Waals surface area (Å²) in [5.41, 5.74) is 1.54. The fourth-order valence-corrected chi connectivity index (χ4v) is 1.40. The summed E-state index contributed by atoms with van der Waals surface area (Å²) in [5, 5.41) is 1.92. The maximum absolute atomic E-state index is 13.4. The fourth-order valence-electron chi connectivity index (χ4n) is 1.40. The Morgan fingerprint density at radius 2 is 1.85 bits per heavy atom. The molecule has 3 nitrogen and oxygen atoms in total. The van der Waals surface area contributed by atoms with E-state index in [1.807, 2.05) is 5.32 Å². The van der Waals surface area contributed by atoms with Crippen molar-refractivity contribution in [2.75, 3.05) is 0 Å². The first-order valence-corrected chi connectivity index (χ1v) is 5.58. The standard InChI is InChI=1S/C12H13F5N2O/c1-6(8-5-7(13)3-4-9(8)14)19-10(20)11(2,18)12(15,16)17/h3-6H,18H2,1-2H3,(H,19,20). The van der Waals surface area contributed by atoms with Gasteiger partial charge in [0.25, 0.3) is 0 Å². The van der Waals surface area contributed by atoms with Crippen molar-refractivity contribution in [3.05, 3.63) is 35.4 Å². The number of amides is 1. The molecule has 2 unspecified atom stereocenters. The Morgan fingerprint density at radius 1 is 1.30 bits per heavy atom. The second kappa shape index (κ2) is 5.35. The minimum absolute atomic E-state index is 0.267. The van der Waals surface area contributed by atoms with Crippen LogP contribution in [0.1, 0.15) is 25.5 Å². The topological polar surface area (TPSA) is 55.1 Å². The van der Waals surface area contributed by atoms with Crippen molar-refractivity contribution >= 4 is 5.91 Å². The number of nitrogens with two attached hydrogens (primary N) is 1. The van der Waals surface area contributed by atoms with Crippen molar-refractivity contribution in [2.45, 2.75) is 31.6 Å². The lowest BCUT2D eigenvalue weighted by molar-refractivity contribution is -0.187. The smallest absolute Gasteiger partial charge is 0.348 e. The molecule has 1 amide bonds. The van der Waals surface area contributed by atoms with Crippen molar-refractivity contribution in [1.82, 2.24) is 5.32 Å². The highest BCUT2D eigenvalue weighted by atomic mass is 19.4. The zero-order chi connectivity index (χ0) is 15.7. The minimum atomic E-state index is -4.96. The van der Waals surface area contributed by atoms with Gasteiger partial charge in [-0.2, -0.15) is 13.2 Å². The van der Waals surface area contributed by atoms with Gasteiger partial charge in [0.2, 0.25) is 5.91 Å². The third-order valence-corrected chi connectivity index (χ3v) is 2.83. The maximum Gasteiger partial charge on any atom is 0.415 e. The van der Waals surface area contributed by atoms with Gasteiger partial charge >= 0.3 is 6.18 Å². The number of rotatable bonds is 3. The van der Waals surface area contributed by atoms with E-state index in [2.05, 4.69) is 0 Å². The van der Waals surface area contributed by atoms with Crippen LogP contribution >= 0.6 is 0 Å². The van der Waals surface area contributed by atoms with Crippen LogP contribution in [0.4, 0.5) is 22.0 Å². The van der Waals surface area contributed by atoms with E-state index in [1.165, 1.54) is 6.92 Å². The summed E-state index contributed by atoms with van der Waals surface area (Å²) in [6.07, 6.45) is -4.96. The van der Waals surface area contributed by atoms with E-state index < -0.39 is 35.3 Å². The molecule has 0 aliphatic carbocycles. The zero-order valence-corrected chi connectivity index (χ0v) is 10.7. The number of hydrogen-bond acceptors (Lipinski definition) is 2. The van der Waals surface area contributed by atoms with E-state index in [4.69, 9.17) is 5.73 Å². The van der Waals surface area contributed by atoms with Crippen LogP contribution in [-0.2, 0) is 4.79 Å². The number of nitrogens with one attached hydrogen (secondary N) is 1. The Morgan fingerprint density at radius 3 is 2.35 bits per heavy atom. The highest BCUT2D eigenvalue weighted by molar-refractivity contribution is 5.86. The molecule has 2 atom stereocenters.